The van der Waals surface area contributed by atoms with Gasteiger partial charge < -0.3 is 10.1 Å². The summed E-state index contributed by atoms with van der Waals surface area (Å²) < 4.78 is 5.44. The third-order valence-corrected chi connectivity index (χ3v) is 3.08. The summed E-state index contributed by atoms with van der Waals surface area (Å²) in [6.45, 7) is 9.05. The van der Waals surface area contributed by atoms with E-state index >= 15 is 0 Å². The van der Waals surface area contributed by atoms with Crippen molar-refractivity contribution in [2.75, 3.05) is 19.8 Å². The summed E-state index contributed by atoms with van der Waals surface area (Å²) >= 11 is 0. The standard InChI is InChI=1S/C14H24N2O/c1-4-16-14(8-11-17-5-2)12(3)13-6-9-15-10-7-13/h6-7,9-10,12,14,16H,4-5,8,11H2,1-3H3. The fraction of sp³-hybridized carbons (Fsp3) is 0.643. The average molecular weight is 236 g/mol. The molecule has 0 radical (unpaired) electrons. The lowest BCUT2D eigenvalue weighted by atomic mass is 9.92. The summed E-state index contributed by atoms with van der Waals surface area (Å²) in [7, 11) is 0. The van der Waals surface area contributed by atoms with Crippen molar-refractivity contribution in [1.29, 1.82) is 0 Å². The Morgan fingerprint density at radius 3 is 2.59 bits per heavy atom. The Balaban J connectivity index is 2.56. The Morgan fingerprint density at radius 1 is 1.29 bits per heavy atom. The number of hydrogen-bond acceptors (Lipinski definition) is 3. The van der Waals surface area contributed by atoms with Crippen molar-refractivity contribution < 1.29 is 4.74 Å². The molecule has 1 aromatic heterocycles. The zero-order valence-electron chi connectivity index (χ0n) is 11.1. The zero-order valence-corrected chi connectivity index (χ0v) is 11.1. The Hall–Kier alpha value is -0.930. The molecule has 0 saturated heterocycles. The van der Waals surface area contributed by atoms with Crippen LogP contribution in [-0.4, -0.2) is 30.8 Å². The number of rotatable bonds is 8. The molecule has 1 N–H and O–H groups in total. The minimum atomic E-state index is 0.467. The maximum absolute atomic E-state index is 5.44. The SMILES string of the molecule is CCNC(CCOCC)C(C)c1ccncc1. The van der Waals surface area contributed by atoms with Crippen LogP contribution < -0.4 is 5.32 Å². The summed E-state index contributed by atoms with van der Waals surface area (Å²) in [5, 5.41) is 3.54. The van der Waals surface area contributed by atoms with Crippen molar-refractivity contribution in [2.24, 2.45) is 0 Å². The molecule has 0 spiro atoms. The fourth-order valence-corrected chi connectivity index (χ4v) is 2.04. The number of nitrogens with zero attached hydrogens (tertiary/aromatic N) is 1. The molecule has 1 aromatic rings. The molecule has 3 heteroatoms. The molecule has 0 aliphatic rings. The van der Waals surface area contributed by atoms with Crippen molar-refractivity contribution in [3.05, 3.63) is 30.1 Å². The van der Waals surface area contributed by atoms with E-state index in [2.05, 4.69) is 36.3 Å². The first-order valence-corrected chi connectivity index (χ1v) is 6.50. The van der Waals surface area contributed by atoms with Crippen LogP contribution >= 0.6 is 0 Å². The van der Waals surface area contributed by atoms with Gasteiger partial charge in [0.05, 0.1) is 0 Å². The minimum Gasteiger partial charge on any atom is -0.382 e. The van der Waals surface area contributed by atoms with Gasteiger partial charge in [-0.2, -0.15) is 0 Å². The average Bonchev–Trinajstić information content (AvgIpc) is 2.38. The van der Waals surface area contributed by atoms with Gasteiger partial charge in [-0.1, -0.05) is 13.8 Å². The Labute approximate surface area is 105 Å². The number of ether oxygens (including phenoxy) is 1. The van der Waals surface area contributed by atoms with Crippen LogP contribution in [0, 0.1) is 0 Å². The Bertz CT molecular complexity index is 290. The summed E-state index contributed by atoms with van der Waals surface area (Å²) in [4.78, 5) is 4.06. The molecule has 0 bridgehead atoms. The number of likely N-dealkylation sites (N-methyl/N-ethyl adjacent to an activating group) is 1. The van der Waals surface area contributed by atoms with Crippen LogP contribution in [0.25, 0.3) is 0 Å². The van der Waals surface area contributed by atoms with Crippen LogP contribution in [0.2, 0.25) is 0 Å². The molecule has 3 nitrogen and oxygen atoms in total. The fourth-order valence-electron chi connectivity index (χ4n) is 2.04. The number of aromatic nitrogens is 1. The van der Waals surface area contributed by atoms with E-state index in [1.165, 1.54) is 5.56 Å². The second-order valence-corrected chi connectivity index (χ2v) is 4.22. The van der Waals surface area contributed by atoms with Crippen molar-refractivity contribution >= 4 is 0 Å². The first kappa shape index (κ1) is 14.1. The number of nitrogens with one attached hydrogen (secondary N) is 1. The molecule has 17 heavy (non-hydrogen) atoms. The van der Waals surface area contributed by atoms with Gasteiger partial charge >= 0.3 is 0 Å². The highest BCUT2D eigenvalue weighted by atomic mass is 16.5. The molecule has 96 valence electrons. The van der Waals surface area contributed by atoms with Gasteiger partial charge in [0.1, 0.15) is 0 Å². The molecule has 0 aromatic carbocycles. The van der Waals surface area contributed by atoms with Gasteiger partial charge in [-0.15, -0.1) is 0 Å². The molecule has 0 fully saturated rings. The monoisotopic (exact) mass is 236 g/mol. The molecule has 0 amide bonds. The maximum atomic E-state index is 5.44. The zero-order chi connectivity index (χ0) is 12.5. The lowest BCUT2D eigenvalue weighted by molar-refractivity contribution is 0.134. The van der Waals surface area contributed by atoms with Gasteiger partial charge in [0.15, 0.2) is 0 Å². The van der Waals surface area contributed by atoms with E-state index < -0.39 is 0 Å². The van der Waals surface area contributed by atoms with Crippen LogP contribution in [0.4, 0.5) is 0 Å². The van der Waals surface area contributed by atoms with Gasteiger partial charge in [0, 0.05) is 31.6 Å². The minimum absolute atomic E-state index is 0.467. The van der Waals surface area contributed by atoms with Gasteiger partial charge in [-0.05, 0) is 43.5 Å². The van der Waals surface area contributed by atoms with E-state index in [-0.39, 0.29) is 0 Å². The molecule has 1 heterocycles. The summed E-state index contributed by atoms with van der Waals surface area (Å²) in [6.07, 6.45) is 4.76. The molecule has 0 aliphatic carbocycles. The predicted molar refractivity (Wildman–Crippen MR) is 71.2 cm³/mol. The van der Waals surface area contributed by atoms with Crippen molar-refractivity contribution in [3.8, 4) is 0 Å². The summed E-state index contributed by atoms with van der Waals surface area (Å²) in [6, 6.07) is 4.65. The largest absolute Gasteiger partial charge is 0.382 e. The van der Waals surface area contributed by atoms with Crippen LogP contribution in [0.15, 0.2) is 24.5 Å². The van der Waals surface area contributed by atoms with E-state index in [0.717, 1.165) is 26.2 Å². The quantitative estimate of drug-likeness (QED) is 0.704. The van der Waals surface area contributed by atoms with Crippen molar-refractivity contribution in [2.45, 2.75) is 39.2 Å². The van der Waals surface area contributed by atoms with E-state index in [0.29, 0.717) is 12.0 Å². The second kappa shape index (κ2) is 8.20. The first-order chi connectivity index (χ1) is 8.29. The topological polar surface area (TPSA) is 34.1 Å². The molecule has 1 rings (SSSR count). The van der Waals surface area contributed by atoms with Gasteiger partial charge in [0.25, 0.3) is 0 Å². The third-order valence-electron chi connectivity index (χ3n) is 3.08. The highest BCUT2D eigenvalue weighted by Crippen LogP contribution is 2.20. The van der Waals surface area contributed by atoms with Gasteiger partial charge in [-0.3, -0.25) is 4.98 Å². The van der Waals surface area contributed by atoms with Crippen LogP contribution in [0.5, 0.6) is 0 Å². The molecule has 0 aliphatic heterocycles. The van der Waals surface area contributed by atoms with E-state index in [9.17, 15) is 0 Å². The molecular formula is C14H24N2O. The number of hydrogen-bond donors (Lipinski definition) is 1. The smallest absolute Gasteiger partial charge is 0.0480 e. The van der Waals surface area contributed by atoms with Gasteiger partial charge in [0.2, 0.25) is 0 Å². The van der Waals surface area contributed by atoms with E-state index in [1.807, 2.05) is 19.3 Å². The van der Waals surface area contributed by atoms with E-state index in [4.69, 9.17) is 4.74 Å². The highest BCUT2D eigenvalue weighted by Gasteiger charge is 2.17. The van der Waals surface area contributed by atoms with Crippen LogP contribution in [0.1, 0.15) is 38.7 Å². The van der Waals surface area contributed by atoms with E-state index in [1.54, 1.807) is 0 Å². The lowest BCUT2D eigenvalue weighted by Gasteiger charge is -2.25. The molecule has 0 saturated carbocycles. The van der Waals surface area contributed by atoms with Crippen LogP contribution in [0.3, 0.4) is 0 Å². The second-order valence-electron chi connectivity index (χ2n) is 4.22. The van der Waals surface area contributed by atoms with Crippen molar-refractivity contribution in [3.63, 3.8) is 0 Å². The van der Waals surface area contributed by atoms with Gasteiger partial charge in [-0.25, -0.2) is 0 Å². The lowest BCUT2D eigenvalue weighted by Crippen LogP contribution is -2.34. The first-order valence-electron chi connectivity index (χ1n) is 6.50. The molecular weight excluding hydrogens is 212 g/mol. The normalized spacial score (nSPS) is 14.5. The van der Waals surface area contributed by atoms with Crippen molar-refractivity contribution in [1.82, 2.24) is 10.3 Å². The van der Waals surface area contributed by atoms with Crippen LogP contribution in [-0.2, 0) is 4.74 Å². The predicted octanol–water partition coefficient (Wildman–Crippen LogP) is 2.59. The summed E-state index contributed by atoms with van der Waals surface area (Å²) in [5.74, 6) is 0.485. The molecule has 2 unspecified atom stereocenters. The maximum Gasteiger partial charge on any atom is 0.0480 e. The third kappa shape index (κ3) is 4.84. The Morgan fingerprint density at radius 2 is 2.00 bits per heavy atom. The summed E-state index contributed by atoms with van der Waals surface area (Å²) in [5.41, 5.74) is 1.34. The Kier molecular flexibility index (Phi) is 6.82. The highest BCUT2D eigenvalue weighted by molar-refractivity contribution is 5.17. The number of pyridine rings is 1. The molecule has 2 atom stereocenters.